The normalized spacial score (nSPS) is 22.5. The van der Waals surface area contributed by atoms with Crippen molar-refractivity contribution in [2.45, 2.75) is 25.5 Å². The minimum Gasteiger partial charge on any atom is -0.377 e. The zero-order valence-electron chi connectivity index (χ0n) is 14.2. The molecule has 0 saturated carbocycles. The van der Waals surface area contributed by atoms with E-state index in [2.05, 4.69) is 19.9 Å². The Morgan fingerprint density at radius 3 is 2.76 bits per heavy atom. The molecule has 3 heterocycles. The quantitative estimate of drug-likeness (QED) is 0.815. The summed E-state index contributed by atoms with van der Waals surface area (Å²) in [5, 5.41) is 4.75. The number of hydrogen-bond donors (Lipinski definition) is 0. The van der Waals surface area contributed by atoms with Crippen LogP contribution in [0.4, 0.5) is 0 Å². The maximum absolute atomic E-state index is 6.02. The van der Waals surface area contributed by atoms with Gasteiger partial charge < -0.3 is 9.26 Å². The summed E-state index contributed by atoms with van der Waals surface area (Å²) in [7, 11) is 0. The molecule has 0 amide bonds. The van der Waals surface area contributed by atoms with Crippen molar-refractivity contribution in [1.29, 1.82) is 0 Å². The molecule has 2 saturated heterocycles. The monoisotopic (exact) mass is 362 g/mol. The third kappa shape index (κ3) is 4.39. The smallest absolute Gasteiger partial charge is 0.241 e. The largest absolute Gasteiger partial charge is 0.377 e. The highest BCUT2D eigenvalue weighted by Crippen LogP contribution is 2.20. The summed E-state index contributed by atoms with van der Waals surface area (Å²) in [6.45, 7) is 6.85. The molecule has 2 aromatic rings. The first-order valence-electron chi connectivity index (χ1n) is 8.91. The molecule has 1 aromatic carbocycles. The number of halogens is 1. The highest BCUT2D eigenvalue weighted by Gasteiger charge is 2.23. The Morgan fingerprint density at radius 2 is 2.00 bits per heavy atom. The van der Waals surface area contributed by atoms with Crippen molar-refractivity contribution in [2.75, 3.05) is 39.3 Å². The van der Waals surface area contributed by atoms with Gasteiger partial charge in [0.1, 0.15) is 0 Å². The third-order valence-corrected chi connectivity index (χ3v) is 5.10. The van der Waals surface area contributed by atoms with Gasteiger partial charge in [0.2, 0.25) is 11.7 Å². The minimum absolute atomic E-state index is 0.433. The molecule has 6 nitrogen and oxygen atoms in total. The van der Waals surface area contributed by atoms with E-state index in [0.29, 0.717) is 29.4 Å². The fourth-order valence-corrected chi connectivity index (χ4v) is 3.65. The number of piperazine rings is 1. The van der Waals surface area contributed by atoms with E-state index < -0.39 is 0 Å². The lowest BCUT2D eigenvalue weighted by atomic mass is 10.2. The van der Waals surface area contributed by atoms with E-state index in [1.807, 2.05) is 24.3 Å². The van der Waals surface area contributed by atoms with Gasteiger partial charge in [0.25, 0.3) is 0 Å². The van der Waals surface area contributed by atoms with E-state index in [0.717, 1.165) is 44.9 Å². The maximum Gasteiger partial charge on any atom is 0.241 e. The van der Waals surface area contributed by atoms with Crippen LogP contribution in [0.3, 0.4) is 0 Å². The van der Waals surface area contributed by atoms with Crippen LogP contribution in [0.15, 0.2) is 28.8 Å². The van der Waals surface area contributed by atoms with Crippen molar-refractivity contribution in [2.24, 2.45) is 0 Å². The van der Waals surface area contributed by atoms with Gasteiger partial charge in [0.15, 0.2) is 0 Å². The predicted molar refractivity (Wildman–Crippen MR) is 95.4 cm³/mol. The molecule has 1 unspecified atom stereocenters. The number of ether oxygens (including phenoxy) is 1. The summed E-state index contributed by atoms with van der Waals surface area (Å²) in [4.78, 5) is 9.37. The average molecular weight is 363 g/mol. The minimum atomic E-state index is 0.433. The first-order valence-corrected chi connectivity index (χ1v) is 9.29. The van der Waals surface area contributed by atoms with Gasteiger partial charge in [-0.1, -0.05) is 28.9 Å². The number of benzene rings is 1. The first-order chi connectivity index (χ1) is 12.3. The molecule has 2 aliphatic rings. The van der Waals surface area contributed by atoms with Crippen LogP contribution >= 0.6 is 11.6 Å². The number of hydrogen-bond acceptors (Lipinski definition) is 6. The second-order valence-electron chi connectivity index (χ2n) is 6.73. The van der Waals surface area contributed by atoms with E-state index in [4.69, 9.17) is 20.9 Å². The van der Waals surface area contributed by atoms with Gasteiger partial charge in [-0.3, -0.25) is 9.80 Å². The Hall–Kier alpha value is -1.47. The van der Waals surface area contributed by atoms with Crippen molar-refractivity contribution < 1.29 is 9.26 Å². The SMILES string of the molecule is Clc1cccc(-c2noc(CN3CCN(CC4CCCO4)CC3)n2)c1. The summed E-state index contributed by atoms with van der Waals surface area (Å²) >= 11 is 6.02. The first kappa shape index (κ1) is 17.0. The van der Waals surface area contributed by atoms with Gasteiger partial charge in [-0.25, -0.2) is 0 Å². The van der Waals surface area contributed by atoms with E-state index in [-0.39, 0.29) is 0 Å². The van der Waals surface area contributed by atoms with Crippen LogP contribution in [0.2, 0.25) is 5.02 Å². The van der Waals surface area contributed by atoms with Crippen LogP contribution in [0, 0.1) is 0 Å². The zero-order valence-corrected chi connectivity index (χ0v) is 15.0. The molecule has 2 fully saturated rings. The Morgan fingerprint density at radius 1 is 1.16 bits per heavy atom. The zero-order chi connectivity index (χ0) is 17.1. The van der Waals surface area contributed by atoms with E-state index >= 15 is 0 Å². The van der Waals surface area contributed by atoms with Gasteiger partial charge in [0, 0.05) is 49.9 Å². The molecule has 0 bridgehead atoms. The molecule has 134 valence electrons. The Balaban J connectivity index is 1.29. The second-order valence-corrected chi connectivity index (χ2v) is 7.17. The van der Waals surface area contributed by atoms with Crippen molar-refractivity contribution in [3.8, 4) is 11.4 Å². The molecular formula is C18H23ClN4O2. The van der Waals surface area contributed by atoms with Crippen LogP contribution in [-0.2, 0) is 11.3 Å². The maximum atomic E-state index is 6.02. The standard InChI is InChI=1S/C18H23ClN4O2/c19-15-4-1-3-14(11-15)18-20-17(25-21-18)13-23-8-6-22(7-9-23)12-16-5-2-10-24-16/h1,3-4,11,16H,2,5-10,12-13H2. The summed E-state index contributed by atoms with van der Waals surface area (Å²) in [6, 6.07) is 7.51. The third-order valence-electron chi connectivity index (χ3n) is 4.86. The predicted octanol–water partition coefficient (Wildman–Crippen LogP) is 2.69. The fourth-order valence-electron chi connectivity index (χ4n) is 3.46. The van der Waals surface area contributed by atoms with Gasteiger partial charge >= 0.3 is 0 Å². The number of nitrogens with zero attached hydrogens (tertiary/aromatic N) is 4. The second kappa shape index (κ2) is 7.83. The molecular weight excluding hydrogens is 340 g/mol. The van der Waals surface area contributed by atoms with E-state index in [1.165, 1.54) is 12.8 Å². The van der Waals surface area contributed by atoms with Crippen molar-refractivity contribution in [1.82, 2.24) is 19.9 Å². The van der Waals surface area contributed by atoms with Gasteiger partial charge in [-0.05, 0) is 25.0 Å². The molecule has 0 spiro atoms. The topological polar surface area (TPSA) is 54.6 Å². The van der Waals surface area contributed by atoms with Crippen molar-refractivity contribution in [3.63, 3.8) is 0 Å². The molecule has 0 radical (unpaired) electrons. The van der Waals surface area contributed by atoms with Crippen LogP contribution in [-0.4, -0.2) is 65.4 Å². The van der Waals surface area contributed by atoms with E-state index in [1.54, 1.807) is 0 Å². The average Bonchev–Trinajstić information content (AvgIpc) is 3.29. The highest BCUT2D eigenvalue weighted by atomic mass is 35.5. The van der Waals surface area contributed by atoms with Crippen molar-refractivity contribution in [3.05, 3.63) is 35.2 Å². The van der Waals surface area contributed by atoms with E-state index in [9.17, 15) is 0 Å². The summed E-state index contributed by atoms with van der Waals surface area (Å²) in [5.74, 6) is 1.25. The Kier molecular flexibility index (Phi) is 5.31. The molecule has 1 atom stereocenters. The van der Waals surface area contributed by atoms with Crippen LogP contribution in [0.1, 0.15) is 18.7 Å². The number of rotatable bonds is 5. The lowest BCUT2D eigenvalue weighted by molar-refractivity contribution is 0.0468. The molecule has 0 N–H and O–H groups in total. The summed E-state index contributed by atoms with van der Waals surface area (Å²) in [6.07, 6.45) is 2.84. The molecule has 4 rings (SSSR count). The lowest BCUT2D eigenvalue weighted by Gasteiger charge is -2.34. The summed E-state index contributed by atoms with van der Waals surface area (Å²) in [5.41, 5.74) is 0.879. The lowest BCUT2D eigenvalue weighted by Crippen LogP contribution is -2.48. The van der Waals surface area contributed by atoms with Gasteiger partial charge in [-0.2, -0.15) is 4.98 Å². The molecule has 2 aliphatic heterocycles. The van der Waals surface area contributed by atoms with Crippen LogP contribution in [0.25, 0.3) is 11.4 Å². The molecule has 0 aliphatic carbocycles. The van der Waals surface area contributed by atoms with Gasteiger partial charge in [0.05, 0.1) is 12.6 Å². The summed E-state index contributed by atoms with van der Waals surface area (Å²) < 4.78 is 11.2. The molecule has 25 heavy (non-hydrogen) atoms. The Bertz CT molecular complexity index is 694. The van der Waals surface area contributed by atoms with Gasteiger partial charge in [-0.15, -0.1) is 0 Å². The van der Waals surface area contributed by atoms with Crippen LogP contribution in [0.5, 0.6) is 0 Å². The van der Waals surface area contributed by atoms with Crippen molar-refractivity contribution >= 4 is 11.6 Å². The number of aromatic nitrogens is 2. The molecule has 7 heteroatoms. The Labute approximate surface area is 152 Å². The fraction of sp³-hybridized carbons (Fsp3) is 0.556. The highest BCUT2D eigenvalue weighted by molar-refractivity contribution is 6.30. The molecule has 1 aromatic heterocycles. The van der Waals surface area contributed by atoms with Crippen LogP contribution < -0.4 is 0 Å².